The summed E-state index contributed by atoms with van der Waals surface area (Å²) in [4.78, 5) is 0. The molecule has 0 heterocycles. The molecule has 0 radical (unpaired) electrons. The molecule has 0 saturated carbocycles. The average Bonchev–Trinajstić information content (AvgIpc) is 2.39. The van der Waals surface area contributed by atoms with Crippen molar-refractivity contribution in [2.45, 2.75) is 13.3 Å². The van der Waals surface area contributed by atoms with Crippen molar-refractivity contribution in [2.75, 3.05) is 18.1 Å². The number of nitrogens with two attached hydrogens (primary N) is 1. The summed E-state index contributed by atoms with van der Waals surface area (Å²) in [5.41, 5.74) is 5.87. The van der Waals surface area contributed by atoms with E-state index in [4.69, 9.17) is 27.3 Å². The number of hydrogen-bond acceptors (Lipinski definition) is 5. The van der Waals surface area contributed by atoms with E-state index in [1.165, 1.54) is 6.07 Å². The molecule has 3 N–H and O–H groups in total. The van der Waals surface area contributed by atoms with E-state index in [1.54, 1.807) is 19.1 Å². The van der Waals surface area contributed by atoms with Gasteiger partial charge in [0.05, 0.1) is 16.5 Å². The van der Waals surface area contributed by atoms with Gasteiger partial charge in [-0.15, -0.1) is 0 Å². The lowest BCUT2D eigenvalue weighted by molar-refractivity contribution is 0.318. The quantitative estimate of drug-likeness (QED) is 0.344. The molecule has 1 rings (SSSR count). The summed E-state index contributed by atoms with van der Waals surface area (Å²) in [6.07, 6.45) is 0.581. The van der Waals surface area contributed by atoms with Crippen molar-refractivity contribution < 1.29 is 18.4 Å². The molecule has 112 valence electrons. The predicted molar refractivity (Wildman–Crippen MR) is 78.4 cm³/mol. The molecule has 0 aromatic heterocycles. The molecule has 1 aromatic carbocycles. The van der Waals surface area contributed by atoms with Crippen LogP contribution in [-0.4, -0.2) is 37.6 Å². The summed E-state index contributed by atoms with van der Waals surface area (Å²) in [6.45, 7) is 1.84. The predicted octanol–water partition coefficient (Wildman–Crippen LogP) is 1.64. The fourth-order valence-corrected chi connectivity index (χ4v) is 2.93. The minimum atomic E-state index is -3.08. The summed E-state index contributed by atoms with van der Waals surface area (Å²) in [5, 5.41) is 11.7. The molecule has 0 amide bonds. The number of ether oxygens (including phenoxy) is 1. The fourth-order valence-electron chi connectivity index (χ4n) is 1.53. The van der Waals surface area contributed by atoms with Crippen molar-refractivity contribution in [3.8, 4) is 5.75 Å². The van der Waals surface area contributed by atoms with Crippen molar-refractivity contribution in [1.82, 2.24) is 0 Å². The number of oxime groups is 1. The van der Waals surface area contributed by atoms with Gasteiger partial charge in [-0.3, -0.25) is 0 Å². The number of benzene rings is 1. The van der Waals surface area contributed by atoms with Gasteiger partial charge in [0.15, 0.2) is 15.7 Å². The standard InChI is InChI=1S/C12H17ClN2O4S/c1-2-6-20(17,18)7-5-19-11-4-3-9(8-10(11)13)12(14)15-16/h3-4,8,16H,2,5-7H2,1H3,(H2,14,15). The van der Waals surface area contributed by atoms with E-state index in [9.17, 15) is 8.42 Å². The molecule has 20 heavy (non-hydrogen) atoms. The molecule has 6 nitrogen and oxygen atoms in total. The van der Waals surface area contributed by atoms with Crippen LogP contribution in [0.5, 0.6) is 5.75 Å². The van der Waals surface area contributed by atoms with Crippen LogP contribution in [0.25, 0.3) is 0 Å². The van der Waals surface area contributed by atoms with E-state index < -0.39 is 9.84 Å². The zero-order valence-corrected chi connectivity index (χ0v) is 12.6. The highest BCUT2D eigenvalue weighted by Gasteiger charge is 2.11. The van der Waals surface area contributed by atoms with Crippen LogP contribution in [-0.2, 0) is 9.84 Å². The lowest BCUT2D eigenvalue weighted by Crippen LogP contribution is -2.17. The van der Waals surface area contributed by atoms with Crippen molar-refractivity contribution >= 4 is 27.3 Å². The normalized spacial score (nSPS) is 12.4. The van der Waals surface area contributed by atoms with Gasteiger partial charge in [0.1, 0.15) is 12.4 Å². The Morgan fingerprint density at radius 1 is 1.45 bits per heavy atom. The van der Waals surface area contributed by atoms with Crippen molar-refractivity contribution in [1.29, 1.82) is 0 Å². The lowest BCUT2D eigenvalue weighted by atomic mass is 10.2. The molecule has 1 aromatic rings. The summed E-state index contributed by atoms with van der Waals surface area (Å²) in [7, 11) is -3.08. The molecule has 0 saturated heterocycles. The number of amidine groups is 1. The first-order chi connectivity index (χ1) is 9.39. The highest BCUT2D eigenvalue weighted by Crippen LogP contribution is 2.25. The van der Waals surface area contributed by atoms with Gasteiger partial charge < -0.3 is 15.7 Å². The highest BCUT2D eigenvalue weighted by atomic mass is 35.5. The Bertz CT molecular complexity index is 587. The van der Waals surface area contributed by atoms with Crippen LogP contribution in [0.3, 0.4) is 0 Å². The number of nitrogens with zero attached hydrogens (tertiary/aromatic N) is 1. The second kappa shape index (κ2) is 7.35. The Kier molecular flexibility index (Phi) is 6.09. The topological polar surface area (TPSA) is 102 Å². The molecular formula is C12H17ClN2O4S. The largest absolute Gasteiger partial charge is 0.491 e. The second-order valence-corrected chi connectivity index (χ2v) is 6.84. The van der Waals surface area contributed by atoms with Gasteiger partial charge in [-0.25, -0.2) is 8.42 Å². The summed E-state index contributed by atoms with van der Waals surface area (Å²) in [5.74, 6) is 0.378. The van der Waals surface area contributed by atoms with E-state index in [-0.39, 0.29) is 29.0 Å². The van der Waals surface area contributed by atoms with Crippen LogP contribution >= 0.6 is 11.6 Å². The van der Waals surface area contributed by atoms with Crippen LogP contribution in [0.4, 0.5) is 0 Å². The Labute approximate surface area is 123 Å². The molecule has 8 heteroatoms. The molecule has 0 atom stereocenters. The van der Waals surface area contributed by atoms with Crippen LogP contribution in [0.1, 0.15) is 18.9 Å². The Morgan fingerprint density at radius 3 is 2.70 bits per heavy atom. The molecule has 0 bridgehead atoms. The van der Waals surface area contributed by atoms with Crippen LogP contribution < -0.4 is 10.5 Å². The number of halogens is 1. The van der Waals surface area contributed by atoms with E-state index in [0.717, 1.165) is 0 Å². The molecule has 0 aliphatic heterocycles. The molecule has 0 aliphatic rings. The maximum absolute atomic E-state index is 11.5. The molecule has 0 unspecified atom stereocenters. The number of hydrogen-bond donors (Lipinski definition) is 2. The maximum atomic E-state index is 11.5. The van der Waals surface area contributed by atoms with Gasteiger partial charge in [-0.05, 0) is 24.6 Å². The van der Waals surface area contributed by atoms with E-state index in [2.05, 4.69) is 5.16 Å². The lowest BCUT2D eigenvalue weighted by Gasteiger charge is -2.09. The fraction of sp³-hybridized carbons (Fsp3) is 0.417. The molecular weight excluding hydrogens is 304 g/mol. The van der Waals surface area contributed by atoms with Gasteiger partial charge in [0.2, 0.25) is 0 Å². The third-order valence-electron chi connectivity index (χ3n) is 2.50. The highest BCUT2D eigenvalue weighted by molar-refractivity contribution is 7.91. The minimum absolute atomic E-state index is 0.0327. The van der Waals surface area contributed by atoms with Crippen LogP contribution in [0.2, 0.25) is 5.02 Å². The van der Waals surface area contributed by atoms with Gasteiger partial charge in [0, 0.05) is 5.56 Å². The SMILES string of the molecule is CCCS(=O)(=O)CCOc1ccc(/C(N)=N/O)cc1Cl. The van der Waals surface area contributed by atoms with Gasteiger partial charge >= 0.3 is 0 Å². The first-order valence-electron chi connectivity index (χ1n) is 6.00. The smallest absolute Gasteiger partial charge is 0.170 e. The second-order valence-electron chi connectivity index (χ2n) is 4.13. The Hall–Kier alpha value is -1.47. The minimum Gasteiger partial charge on any atom is -0.491 e. The first-order valence-corrected chi connectivity index (χ1v) is 8.20. The van der Waals surface area contributed by atoms with Crippen LogP contribution in [0.15, 0.2) is 23.4 Å². The van der Waals surface area contributed by atoms with Gasteiger partial charge in [0.25, 0.3) is 0 Å². The third-order valence-corrected chi connectivity index (χ3v) is 4.62. The average molecular weight is 321 g/mol. The summed E-state index contributed by atoms with van der Waals surface area (Å²) in [6, 6.07) is 4.59. The number of sulfone groups is 1. The van der Waals surface area contributed by atoms with E-state index >= 15 is 0 Å². The van der Waals surface area contributed by atoms with Gasteiger partial charge in [-0.2, -0.15) is 0 Å². The number of rotatable bonds is 7. The van der Waals surface area contributed by atoms with E-state index in [0.29, 0.717) is 17.7 Å². The molecule has 0 aliphatic carbocycles. The Morgan fingerprint density at radius 2 is 2.15 bits per heavy atom. The molecule has 0 spiro atoms. The Balaban J connectivity index is 2.66. The monoisotopic (exact) mass is 320 g/mol. The van der Waals surface area contributed by atoms with Crippen molar-refractivity contribution in [3.05, 3.63) is 28.8 Å². The zero-order valence-electron chi connectivity index (χ0n) is 11.0. The maximum Gasteiger partial charge on any atom is 0.170 e. The third kappa shape index (κ3) is 4.90. The zero-order chi connectivity index (χ0) is 15.2. The summed E-state index contributed by atoms with van der Waals surface area (Å²) < 4.78 is 28.4. The van der Waals surface area contributed by atoms with Crippen molar-refractivity contribution in [2.24, 2.45) is 10.9 Å². The van der Waals surface area contributed by atoms with Crippen LogP contribution in [0, 0.1) is 0 Å². The van der Waals surface area contributed by atoms with E-state index in [1.807, 2.05) is 0 Å². The van der Waals surface area contributed by atoms with Crippen molar-refractivity contribution in [3.63, 3.8) is 0 Å². The summed E-state index contributed by atoms with van der Waals surface area (Å²) >= 11 is 5.97. The first kappa shape index (κ1) is 16.6. The molecule has 0 fully saturated rings. The van der Waals surface area contributed by atoms with Gasteiger partial charge in [-0.1, -0.05) is 23.7 Å².